The first-order valence-corrected chi connectivity index (χ1v) is 6.43. The second-order valence-corrected chi connectivity index (χ2v) is 5.27. The van der Waals surface area contributed by atoms with Crippen molar-refractivity contribution in [2.24, 2.45) is 5.92 Å². The minimum atomic E-state index is 0.432. The topological polar surface area (TPSA) is 12.0 Å². The fourth-order valence-corrected chi connectivity index (χ4v) is 1.88. The molecule has 1 aromatic carbocycles. The van der Waals surface area contributed by atoms with Crippen LogP contribution in [0.3, 0.4) is 0 Å². The van der Waals surface area contributed by atoms with Gasteiger partial charge in [0, 0.05) is 10.5 Å². The number of hydrogen-bond donors (Lipinski definition) is 1. The molecule has 0 aliphatic rings. The third-order valence-electron chi connectivity index (χ3n) is 2.81. The van der Waals surface area contributed by atoms with Crippen molar-refractivity contribution >= 4 is 33.2 Å². The lowest BCUT2D eigenvalue weighted by Crippen LogP contribution is -2.23. The van der Waals surface area contributed by atoms with Crippen LogP contribution in [0, 0.1) is 5.92 Å². The van der Waals surface area contributed by atoms with E-state index in [0.717, 1.165) is 15.2 Å². The van der Waals surface area contributed by atoms with E-state index in [1.807, 2.05) is 18.2 Å². The lowest BCUT2D eigenvalue weighted by atomic mass is 10.0. The van der Waals surface area contributed by atoms with Crippen LogP contribution in [0.1, 0.15) is 27.2 Å². The van der Waals surface area contributed by atoms with Gasteiger partial charge in [0.15, 0.2) is 0 Å². The molecule has 0 aliphatic heterocycles. The Hall–Kier alpha value is -0.210. The fraction of sp³-hybridized carbons (Fsp3) is 0.500. The van der Waals surface area contributed by atoms with Gasteiger partial charge in [-0.2, -0.15) is 0 Å². The molecular formula is C12H17BrClN. The summed E-state index contributed by atoms with van der Waals surface area (Å²) in [5, 5.41) is 4.21. The van der Waals surface area contributed by atoms with E-state index in [2.05, 4.69) is 42.0 Å². The van der Waals surface area contributed by atoms with Crippen molar-refractivity contribution in [2.45, 2.75) is 33.2 Å². The zero-order valence-electron chi connectivity index (χ0n) is 9.35. The summed E-state index contributed by atoms with van der Waals surface area (Å²) in [5.74, 6) is 0.639. The van der Waals surface area contributed by atoms with Gasteiger partial charge >= 0.3 is 0 Å². The Labute approximate surface area is 105 Å². The molecule has 0 amide bonds. The lowest BCUT2D eigenvalue weighted by Gasteiger charge is -2.21. The molecule has 1 N–H and O–H groups in total. The maximum atomic E-state index is 6.10. The predicted molar refractivity (Wildman–Crippen MR) is 71.7 cm³/mol. The normalized spacial score (nSPS) is 14.7. The van der Waals surface area contributed by atoms with Gasteiger partial charge in [-0.25, -0.2) is 0 Å². The maximum absolute atomic E-state index is 6.10. The largest absolute Gasteiger partial charge is 0.381 e. The van der Waals surface area contributed by atoms with Crippen molar-refractivity contribution in [1.82, 2.24) is 0 Å². The molecule has 0 aliphatic carbocycles. The van der Waals surface area contributed by atoms with Gasteiger partial charge in [0.2, 0.25) is 0 Å². The Bertz CT molecular complexity index is 327. The molecule has 0 fully saturated rings. The molecule has 2 unspecified atom stereocenters. The average Bonchev–Trinajstić information content (AvgIpc) is 2.22. The van der Waals surface area contributed by atoms with Crippen LogP contribution in [-0.4, -0.2) is 6.04 Å². The average molecular weight is 291 g/mol. The Morgan fingerprint density at radius 3 is 2.67 bits per heavy atom. The molecule has 0 radical (unpaired) electrons. The van der Waals surface area contributed by atoms with E-state index in [-0.39, 0.29) is 0 Å². The van der Waals surface area contributed by atoms with Crippen molar-refractivity contribution in [3.05, 3.63) is 27.7 Å². The van der Waals surface area contributed by atoms with Crippen molar-refractivity contribution in [3.63, 3.8) is 0 Å². The van der Waals surface area contributed by atoms with Crippen LogP contribution >= 0.6 is 27.5 Å². The van der Waals surface area contributed by atoms with E-state index in [4.69, 9.17) is 11.6 Å². The number of rotatable bonds is 4. The zero-order chi connectivity index (χ0) is 11.4. The van der Waals surface area contributed by atoms with Crippen LogP contribution in [0.4, 0.5) is 5.69 Å². The number of nitrogens with one attached hydrogen (secondary N) is 1. The number of hydrogen-bond acceptors (Lipinski definition) is 1. The third kappa shape index (κ3) is 3.69. The van der Waals surface area contributed by atoms with Crippen LogP contribution in [0.2, 0.25) is 5.02 Å². The summed E-state index contributed by atoms with van der Waals surface area (Å²) in [6.07, 6.45) is 1.17. The van der Waals surface area contributed by atoms with E-state index in [0.29, 0.717) is 12.0 Å². The number of anilines is 1. The lowest BCUT2D eigenvalue weighted by molar-refractivity contribution is 0.494. The Kier molecular flexibility index (Phi) is 4.94. The summed E-state index contributed by atoms with van der Waals surface area (Å²) in [5.41, 5.74) is 0.999. The van der Waals surface area contributed by atoms with Gasteiger partial charge < -0.3 is 5.32 Å². The van der Waals surface area contributed by atoms with Gasteiger partial charge in [0.25, 0.3) is 0 Å². The first-order valence-electron chi connectivity index (χ1n) is 5.26. The quantitative estimate of drug-likeness (QED) is 0.827. The van der Waals surface area contributed by atoms with Gasteiger partial charge in [0.05, 0.1) is 10.7 Å². The molecule has 0 spiro atoms. The van der Waals surface area contributed by atoms with Crippen molar-refractivity contribution in [1.29, 1.82) is 0 Å². The van der Waals surface area contributed by atoms with Crippen LogP contribution in [-0.2, 0) is 0 Å². The predicted octanol–water partition coefficient (Wildman–Crippen LogP) is 4.95. The molecule has 0 aromatic heterocycles. The second-order valence-electron chi connectivity index (χ2n) is 3.94. The Balaban J connectivity index is 2.75. The van der Waals surface area contributed by atoms with E-state index >= 15 is 0 Å². The summed E-state index contributed by atoms with van der Waals surface area (Å²) in [6, 6.07) is 6.29. The van der Waals surface area contributed by atoms with Crippen LogP contribution in [0.5, 0.6) is 0 Å². The zero-order valence-corrected chi connectivity index (χ0v) is 11.7. The maximum Gasteiger partial charge on any atom is 0.0638 e. The molecular weight excluding hydrogens is 273 g/mol. The first kappa shape index (κ1) is 12.9. The minimum Gasteiger partial charge on any atom is -0.381 e. The van der Waals surface area contributed by atoms with Gasteiger partial charge in [-0.1, -0.05) is 47.8 Å². The minimum absolute atomic E-state index is 0.432. The molecule has 0 saturated heterocycles. The van der Waals surface area contributed by atoms with Crippen LogP contribution in [0.15, 0.2) is 22.7 Å². The van der Waals surface area contributed by atoms with Crippen molar-refractivity contribution in [2.75, 3.05) is 5.32 Å². The van der Waals surface area contributed by atoms with E-state index < -0.39 is 0 Å². The molecule has 2 atom stereocenters. The monoisotopic (exact) mass is 289 g/mol. The van der Waals surface area contributed by atoms with Crippen molar-refractivity contribution < 1.29 is 0 Å². The highest BCUT2D eigenvalue weighted by atomic mass is 79.9. The summed E-state index contributed by atoms with van der Waals surface area (Å²) in [6.45, 7) is 6.63. The molecule has 0 heterocycles. The first-order chi connectivity index (χ1) is 7.04. The summed E-state index contributed by atoms with van der Waals surface area (Å²) >= 11 is 9.55. The highest BCUT2D eigenvalue weighted by Crippen LogP contribution is 2.27. The SMILES string of the molecule is CCC(C)C(C)Nc1cc(Br)ccc1Cl. The smallest absolute Gasteiger partial charge is 0.0638 e. The standard InChI is InChI=1S/C12H17BrClN/c1-4-8(2)9(3)15-12-7-10(13)5-6-11(12)14/h5-9,15H,4H2,1-3H3. The Morgan fingerprint density at radius 1 is 1.40 bits per heavy atom. The molecule has 1 rings (SSSR count). The summed E-state index contributed by atoms with van der Waals surface area (Å²) < 4.78 is 1.05. The highest BCUT2D eigenvalue weighted by Gasteiger charge is 2.11. The number of benzene rings is 1. The molecule has 84 valence electrons. The van der Waals surface area contributed by atoms with Crippen LogP contribution < -0.4 is 5.32 Å². The fourth-order valence-electron chi connectivity index (χ4n) is 1.35. The van der Waals surface area contributed by atoms with Crippen LogP contribution in [0.25, 0.3) is 0 Å². The van der Waals surface area contributed by atoms with E-state index in [1.54, 1.807) is 0 Å². The Morgan fingerprint density at radius 2 is 2.07 bits per heavy atom. The molecule has 3 heteroatoms. The van der Waals surface area contributed by atoms with E-state index in [1.165, 1.54) is 6.42 Å². The second kappa shape index (κ2) is 5.76. The number of halogens is 2. The highest BCUT2D eigenvalue weighted by molar-refractivity contribution is 9.10. The van der Waals surface area contributed by atoms with Gasteiger partial charge in [-0.15, -0.1) is 0 Å². The summed E-state index contributed by atoms with van der Waals surface area (Å²) in [4.78, 5) is 0. The molecule has 1 nitrogen and oxygen atoms in total. The molecule has 0 saturated carbocycles. The molecule has 15 heavy (non-hydrogen) atoms. The third-order valence-corrected chi connectivity index (χ3v) is 3.63. The van der Waals surface area contributed by atoms with Gasteiger partial charge in [-0.3, -0.25) is 0 Å². The van der Waals surface area contributed by atoms with Gasteiger partial charge in [0.1, 0.15) is 0 Å². The van der Waals surface area contributed by atoms with E-state index in [9.17, 15) is 0 Å². The van der Waals surface area contributed by atoms with Gasteiger partial charge in [-0.05, 0) is 31.0 Å². The van der Waals surface area contributed by atoms with Crippen molar-refractivity contribution in [3.8, 4) is 0 Å². The molecule has 0 bridgehead atoms. The molecule has 1 aromatic rings. The summed E-state index contributed by atoms with van der Waals surface area (Å²) in [7, 11) is 0.